The van der Waals surface area contributed by atoms with Gasteiger partial charge in [0.2, 0.25) is 5.91 Å². The summed E-state index contributed by atoms with van der Waals surface area (Å²) in [6.45, 7) is 6.70. The summed E-state index contributed by atoms with van der Waals surface area (Å²) in [5.74, 6) is 0.638. The van der Waals surface area contributed by atoms with Gasteiger partial charge in [-0.3, -0.25) is 4.79 Å². The van der Waals surface area contributed by atoms with Crippen molar-refractivity contribution in [2.45, 2.75) is 27.2 Å². The standard InChI is InChI=1S/C19H24N2O2/c1-13-8-9-17(23-4)16(12-13)21-18(22)10-11-20-19-14(2)6-5-7-15(19)3/h5-9,12,20H,10-11H2,1-4H3,(H,21,22). The summed E-state index contributed by atoms with van der Waals surface area (Å²) in [5, 5.41) is 6.26. The van der Waals surface area contributed by atoms with Crippen molar-refractivity contribution in [3.8, 4) is 5.75 Å². The lowest BCUT2D eigenvalue weighted by molar-refractivity contribution is -0.116. The van der Waals surface area contributed by atoms with Crippen LogP contribution in [0.3, 0.4) is 0 Å². The molecule has 0 unspecified atom stereocenters. The molecule has 4 heteroatoms. The Morgan fingerprint density at radius 1 is 1.09 bits per heavy atom. The molecule has 23 heavy (non-hydrogen) atoms. The zero-order valence-corrected chi connectivity index (χ0v) is 14.2. The molecule has 4 nitrogen and oxygen atoms in total. The third kappa shape index (κ3) is 4.49. The molecule has 2 N–H and O–H groups in total. The predicted molar refractivity (Wildman–Crippen MR) is 95.4 cm³/mol. The van der Waals surface area contributed by atoms with E-state index in [1.165, 1.54) is 11.1 Å². The predicted octanol–water partition coefficient (Wildman–Crippen LogP) is 4.06. The topological polar surface area (TPSA) is 50.4 Å². The summed E-state index contributed by atoms with van der Waals surface area (Å²) in [5.41, 5.74) is 5.27. The number of nitrogens with one attached hydrogen (secondary N) is 2. The highest BCUT2D eigenvalue weighted by atomic mass is 16.5. The number of anilines is 2. The van der Waals surface area contributed by atoms with Crippen molar-refractivity contribution in [3.63, 3.8) is 0 Å². The van der Waals surface area contributed by atoms with Gasteiger partial charge in [-0.15, -0.1) is 0 Å². The van der Waals surface area contributed by atoms with Crippen molar-refractivity contribution in [2.75, 3.05) is 24.3 Å². The minimum atomic E-state index is -0.0346. The molecule has 0 aliphatic carbocycles. The van der Waals surface area contributed by atoms with Crippen LogP contribution < -0.4 is 15.4 Å². The fourth-order valence-corrected chi connectivity index (χ4v) is 2.53. The summed E-state index contributed by atoms with van der Waals surface area (Å²) < 4.78 is 5.28. The largest absolute Gasteiger partial charge is 0.495 e. The normalized spacial score (nSPS) is 10.3. The zero-order chi connectivity index (χ0) is 16.8. The maximum Gasteiger partial charge on any atom is 0.226 e. The van der Waals surface area contributed by atoms with Crippen molar-refractivity contribution < 1.29 is 9.53 Å². The van der Waals surface area contributed by atoms with Crippen molar-refractivity contribution in [3.05, 3.63) is 53.1 Å². The van der Waals surface area contributed by atoms with E-state index in [1.807, 2.05) is 31.2 Å². The summed E-state index contributed by atoms with van der Waals surface area (Å²) in [4.78, 5) is 12.1. The van der Waals surface area contributed by atoms with Gasteiger partial charge in [0, 0.05) is 18.7 Å². The van der Waals surface area contributed by atoms with Crippen LogP contribution in [0.5, 0.6) is 5.75 Å². The Morgan fingerprint density at radius 3 is 2.43 bits per heavy atom. The van der Waals surface area contributed by atoms with E-state index in [9.17, 15) is 4.79 Å². The number of benzene rings is 2. The maximum absolute atomic E-state index is 12.1. The van der Waals surface area contributed by atoms with Crippen molar-refractivity contribution in [1.29, 1.82) is 0 Å². The van der Waals surface area contributed by atoms with Crippen LogP contribution in [0.4, 0.5) is 11.4 Å². The highest BCUT2D eigenvalue weighted by molar-refractivity contribution is 5.92. The number of aryl methyl sites for hydroxylation is 3. The van der Waals surface area contributed by atoms with Gasteiger partial charge in [0.05, 0.1) is 12.8 Å². The Bertz CT molecular complexity index is 676. The van der Waals surface area contributed by atoms with Gasteiger partial charge in [-0.2, -0.15) is 0 Å². The first kappa shape index (κ1) is 16.9. The highest BCUT2D eigenvalue weighted by Gasteiger charge is 2.08. The summed E-state index contributed by atoms with van der Waals surface area (Å²) in [6, 6.07) is 11.9. The molecule has 122 valence electrons. The molecule has 0 heterocycles. The first-order valence-corrected chi connectivity index (χ1v) is 7.76. The molecule has 2 aromatic rings. The van der Waals surface area contributed by atoms with Crippen LogP contribution in [0.15, 0.2) is 36.4 Å². The van der Waals surface area contributed by atoms with E-state index in [1.54, 1.807) is 7.11 Å². The Hall–Kier alpha value is -2.49. The van der Waals surface area contributed by atoms with Crippen LogP contribution in [-0.4, -0.2) is 19.6 Å². The summed E-state index contributed by atoms with van der Waals surface area (Å²) >= 11 is 0. The molecular weight excluding hydrogens is 288 g/mol. The molecule has 0 aliphatic rings. The highest BCUT2D eigenvalue weighted by Crippen LogP contribution is 2.25. The minimum Gasteiger partial charge on any atom is -0.495 e. The molecule has 0 aliphatic heterocycles. The van der Waals surface area contributed by atoms with Crippen LogP contribution in [0.25, 0.3) is 0 Å². The lowest BCUT2D eigenvalue weighted by Gasteiger charge is -2.13. The van der Waals surface area contributed by atoms with Crippen molar-refractivity contribution >= 4 is 17.3 Å². The molecule has 2 rings (SSSR count). The van der Waals surface area contributed by atoms with Crippen LogP contribution in [0.1, 0.15) is 23.1 Å². The number of ether oxygens (including phenoxy) is 1. The Balaban J connectivity index is 1.92. The van der Waals surface area contributed by atoms with E-state index < -0.39 is 0 Å². The number of para-hydroxylation sites is 1. The first-order chi connectivity index (χ1) is 11.0. The third-order valence-electron chi connectivity index (χ3n) is 3.76. The number of carbonyl (C=O) groups excluding carboxylic acids is 1. The fraction of sp³-hybridized carbons (Fsp3) is 0.316. The average Bonchev–Trinajstić information content (AvgIpc) is 2.50. The van der Waals surface area contributed by atoms with Gasteiger partial charge in [-0.05, 0) is 49.6 Å². The lowest BCUT2D eigenvalue weighted by atomic mass is 10.1. The number of rotatable bonds is 6. The number of amides is 1. The van der Waals surface area contributed by atoms with E-state index in [0.29, 0.717) is 24.4 Å². The lowest BCUT2D eigenvalue weighted by Crippen LogP contribution is -2.17. The Labute approximate surface area is 137 Å². The second kappa shape index (κ2) is 7.68. The fourth-order valence-electron chi connectivity index (χ4n) is 2.53. The van der Waals surface area contributed by atoms with Gasteiger partial charge in [0.25, 0.3) is 0 Å². The molecule has 0 bridgehead atoms. The van der Waals surface area contributed by atoms with Gasteiger partial charge >= 0.3 is 0 Å². The summed E-state index contributed by atoms with van der Waals surface area (Å²) in [7, 11) is 1.60. The summed E-state index contributed by atoms with van der Waals surface area (Å²) in [6.07, 6.45) is 0.394. The Morgan fingerprint density at radius 2 is 1.78 bits per heavy atom. The maximum atomic E-state index is 12.1. The number of methoxy groups -OCH3 is 1. The third-order valence-corrected chi connectivity index (χ3v) is 3.76. The second-order valence-electron chi connectivity index (χ2n) is 5.70. The average molecular weight is 312 g/mol. The van der Waals surface area contributed by atoms with E-state index in [2.05, 4.69) is 36.6 Å². The quantitative estimate of drug-likeness (QED) is 0.845. The first-order valence-electron chi connectivity index (χ1n) is 7.76. The number of carbonyl (C=O) groups is 1. The monoisotopic (exact) mass is 312 g/mol. The van der Waals surface area contributed by atoms with Gasteiger partial charge in [0.15, 0.2) is 0 Å². The van der Waals surface area contributed by atoms with Crippen LogP contribution >= 0.6 is 0 Å². The van der Waals surface area contributed by atoms with Crippen molar-refractivity contribution in [2.24, 2.45) is 0 Å². The van der Waals surface area contributed by atoms with Crippen LogP contribution in [0.2, 0.25) is 0 Å². The van der Waals surface area contributed by atoms with Crippen LogP contribution in [0, 0.1) is 20.8 Å². The van der Waals surface area contributed by atoms with Gasteiger partial charge in [-0.25, -0.2) is 0 Å². The molecule has 0 saturated carbocycles. The molecule has 2 aromatic carbocycles. The zero-order valence-electron chi connectivity index (χ0n) is 14.2. The second-order valence-corrected chi connectivity index (χ2v) is 5.70. The Kier molecular flexibility index (Phi) is 5.63. The smallest absolute Gasteiger partial charge is 0.226 e. The molecule has 0 fully saturated rings. The minimum absolute atomic E-state index is 0.0346. The van der Waals surface area contributed by atoms with Crippen molar-refractivity contribution in [1.82, 2.24) is 0 Å². The van der Waals surface area contributed by atoms with E-state index in [0.717, 1.165) is 11.3 Å². The van der Waals surface area contributed by atoms with Gasteiger partial charge in [0.1, 0.15) is 5.75 Å². The van der Waals surface area contributed by atoms with Crippen LogP contribution in [-0.2, 0) is 4.79 Å². The van der Waals surface area contributed by atoms with E-state index >= 15 is 0 Å². The number of hydrogen-bond acceptors (Lipinski definition) is 3. The molecular formula is C19H24N2O2. The van der Waals surface area contributed by atoms with E-state index in [4.69, 9.17) is 4.74 Å². The van der Waals surface area contributed by atoms with E-state index in [-0.39, 0.29) is 5.91 Å². The molecule has 0 aromatic heterocycles. The molecule has 0 atom stereocenters. The SMILES string of the molecule is COc1ccc(C)cc1NC(=O)CCNc1c(C)cccc1C. The number of hydrogen-bond donors (Lipinski definition) is 2. The molecule has 1 amide bonds. The van der Waals surface area contributed by atoms with Gasteiger partial charge < -0.3 is 15.4 Å². The molecule has 0 radical (unpaired) electrons. The molecule has 0 spiro atoms. The molecule has 0 saturated heterocycles. The van der Waals surface area contributed by atoms with Gasteiger partial charge in [-0.1, -0.05) is 24.3 Å².